The number of amides is 1. The summed E-state index contributed by atoms with van der Waals surface area (Å²) in [6.45, 7) is 0. The lowest BCUT2D eigenvalue weighted by Gasteiger charge is -2.23. The van der Waals surface area contributed by atoms with Gasteiger partial charge in [-0.2, -0.15) is 13.2 Å². The van der Waals surface area contributed by atoms with E-state index in [0.29, 0.717) is 35.2 Å². The van der Waals surface area contributed by atoms with Crippen molar-refractivity contribution in [1.29, 1.82) is 0 Å². The van der Waals surface area contributed by atoms with Crippen molar-refractivity contribution in [2.75, 3.05) is 5.32 Å². The first kappa shape index (κ1) is 24.4. The van der Waals surface area contributed by atoms with Gasteiger partial charge in [-0.3, -0.25) is 4.79 Å². The zero-order valence-corrected chi connectivity index (χ0v) is 18.6. The molecule has 3 aromatic rings. The van der Waals surface area contributed by atoms with E-state index in [1.807, 2.05) is 12.1 Å². The molecule has 0 aromatic heterocycles. The number of carbonyl (C=O) groups excluding carboxylic acids is 1. The Hall–Kier alpha value is -3.71. The number of carbonyl (C=O) groups is 1. The summed E-state index contributed by atoms with van der Waals surface area (Å²) in [7, 11) is 0. The van der Waals surface area contributed by atoms with Crippen LogP contribution in [0.2, 0.25) is 0 Å². The summed E-state index contributed by atoms with van der Waals surface area (Å²) in [4.78, 5) is 12.6. The molecular weight excluding hydrogens is 458 g/mol. The minimum atomic E-state index is -4.46. The van der Waals surface area contributed by atoms with Crippen molar-refractivity contribution in [2.45, 2.75) is 31.5 Å². The molecule has 1 amide bonds. The molecule has 0 spiro atoms. The van der Waals surface area contributed by atoms with Crippen LogP contribution in [0.15, 0.2) is 85.0 Å². The molecule has 4 rings (SSSR count). The number of aliphatic hydroxyl groups is 1. The van der Waals surface area contributed by atoms with Gasteiger partial charge in [0.05, 0.1) is 11.7 Å². The predicted octanol–water partition coefficient (Wildman–Crippen LogP) is 6.32. The Morgan fingerprint density at radius 1 is 0.971 bits per heavy atom. The molecule has 1 atom stereocenters. The first-order valence-electron chi connectivity index (χ1n) is 11.1. The van der Waals surface area contributed by atoms with Crippen LogP contribution >= 0.6 is 0 Å². The number of aliphatic hydroxyl groups excluding tert-OH is 1. The van der Waals surface area contributed by atoms with Crippen molar-refractivity contribution in [3.8, 4) is 0 Å². The number of allylic oxidation sites excluding steroid dienone is 2. The van der Waals surface area contributed by atoms with E-state index in [1.165, 1.54) is 48.6 Å². The number of fused-ring (bicyclic) bond motifs is 1. The zero-order chi connectivity index (χ0) is 25.0. The Balaban J connectivity index is 1.58. The lowest BCUT2D eigenvalue weighted by Crippen LogP contribution is -2.21. The molecule has 2 N–H and O–H groups in total. The first-order valence-corrected chi connectivity index (χ1v) is 11.1. The third-order valence-electron chi connectivity index (χ3n) is 5.91. The van der Waals surface area contributed by atoms with Crippen LogP contribution in [0.25, 0.3) is 5.57 Å². The van der Waals surface area contributed by atoms with Gasteiger partial charge in [0.1, 0.15) is 5.82 Å². The zero-order valence-electron chi connectivity index (χ0n) is 18.6. The van der Waals surface area contributed by atoms with Crippen LogP contribution in [-0.4, -0.2) is 17.1 Å². The molecule has 180 valence electrons. The van der Waals surface area contributed by atoms with Crippen molar-refractivity contribution in [3.05, 3.63) is 119 Å². The molecule has 0 saturated carbocycles. The summed E-state index contributed by atoms with van der Waals surface area (Å²) in [5.74, 6) is -0.827. The number of anilines is 1. The molecule has 1 aliphatic carbocycles. The van der Waals surface area contributed by atoms with E-state index < -0.39 is 23.7 Å². The highest BCUT2D eigenvalue weighted by Gasteiger charge is 2.30. The van der Waals surface area contributed by atoms with Gasteiger partial charge in [-0.25, -0.2) is 4.39 Å². The van der Waals surface area contributed by atoms with Gasteiger partial charge >= 0.3 is 6.18 Å². The van der Waals surface area contributed by atoms with Crippen LogP contribution in [0.5, 0.6) is 0 Å². The Labute approximate surface area is 200 Å². The number of hydrogen-bond acceptors (Lipinski definition) is 2. The number of benzene rings is 3. The molecule has 35 heavy (non-hydrogen) atoms. The fraction of sp³-hybridized carbons (Fsp3) is 0.179. The molecule has 1 unspecified atom stereocenters. The normalized spacial score (nSPS) is 16.3. The van der Waals surface area contributed by atoms with Crippen LogP contribution in [0, 0.1) is 5.82 Å². The topological polar surface area (TPSA) is 49.3 Å². The molecule has 1 aliphatic rings. The van der Waals surface area contributed by atoms with Crippen LogP contribution < -0.4 is 5.32 Å². The maximum atomic E-state index is 13.4. The Kier molecular flexibility index (Phi) is 7.17. The monoisotopic (exact) mass is 481 g/mol. The molecule has 7 heteroatoms. The molecule has 0 saturated heterocycles. The van der Waals surface area contributed by atoms with Gasteiger partial charge in [-0.05, 0) is 71.0 Å². The maximum absolute atomic E-state index is 13.4. The van der Waals surface area contributed by atoms with E-state index in [1.54, 1.807) is 12.1 Å². The molecule has 0 fully saturated rings. The standard InChI is InChI=1S/C28H23F4NO2/c29-22-14-9-20(10-15-22)24(19-7-12-21(13-8-19)28(30,31)32)4-2-6-27(35)33-26-5-1-3-18-11-16-23(34)17-25(18)26/h1-10,12-15,23,34H,11,16-17H2,(H,33,35). The lowest BCUT2D eigenvalue weighted by molar-refractivity contribution is -0.137. The number of hydrogen-bond donors (Lipinski definition) is 2. The van der Waals surface area contributed by atoms with E-state index in [2.05, 4.69) is 5.32 Å². The van der Waals surface area contributed by atoms with E-state index in [0.717, 1.165) is 29.7 Å². The van der Waals surface area contributed by atoms with E-state index in [4.69, 9.17) is 0 Å². The summed E-state index contributed by atoms with van der Waals surface area (Å²) in [5.41, 5.74) is 3.48. The second-order valence-corrected chi connectivity index (χ2v) is 8.35. The van der Waals surface area contributed by atoms with Gasteiger partial charge < -0.3 is 10.4 Å². The molecular formula is C28H23F4NO2. The van der Waals surface area contributed by atoms with E-state index in [-0.39, 0.29) is 5.91 Å². The molecule has 0 heterocycles. The van der Waals surface area contributed by atoms with Crippen LogP contribution in [0.1, 0.15) is 34.2 Å². The van der Waals surface area contributed by atoms with Gasteiger partial charge in [0.25, 0.3) is 0 Å². The van der Waals surface area contributed by atoms with Gasteiger partial charge in [0, 0.05) is 18.2 Å². The lowest BCUT2D eigenvalue weighted by atomic mass is 9.88. The van der Waals surface area contributed by atoms with Crippen molar-refractivity contribution < 1.29 is 27.5 Å². The second kappa shape index (κ2) is 10.3. The molecule has 0 aliphatic heterocycles. The van der Waals surface area contributed by atoms with Crippen molar-refractivity contribution >= 4 is 17.2 Å². The number of aryl methyl sites for hydroxylation is 1. The minimum absolute atomic E-state index is 0.388. The number of rotatable bonds is 5. The van der Waals surface area contributed by atoms with Crippen LogP contribution in [-0.2, 0) is 23.8 Å². The highest BCUT2D eigenvalue weighted by atomic mass is 19.4. The SMILES string of the molecule is O=C(C=CC=C(c1ccc(F)cc1)c1ccc(C(F)(F)F)cc1)Nc1cccc2c1CC(O)CC2. The fourth-order valence-electron chi connectivity index (χ4n) is 4.12. The predicted molar refractivity (Wildman–Crippen MR) is 127 cm³/mol. The molecule has 3 nitrogen and oxygen atoms in total. The quantitative estimate of drug-likeness (QED) is 0.255. The van der Waals surface area contributed by atoms with Crippen molar-refractivity contribution in [3.63, 3.8) is 0 Å². The summed E-state index contributed by atoms with van der Waals surface area (Å²) in [6.07, 6.45) is 1.40. The summed E-state index contributed by atoms with van der Waals surface area (Å²) in [6, 6.07) is 15.8. The number of alkyl halides is 3. The fourth-order valence-corrected chi connectivity index (χ4v) is 4.12. The van der Waals surface area contributed by atoms with Crippen LogP contribution in [0.3, 0.4) is 0 Å². The van der Waals surface area contributed by atoms with Crippen LogP contribution in [0.4, 0.5) is 23.2 Å². The third kappa shape index (κ3) is 6.05. The molecule has 0 radical (unpaired) electrons. The van der Waals surface area contributed by atoms with Gasteiger partial charge in [-0.15, -0.1) is 0 Å². The molecule has 3 aromatic carbocycles. The highest BCUT2D eigenvalue weighted by molar-refractivity contribution is 6.00. The van der Waals surface area contributed by atoms with E-state index >= 15 is 0 Å². The van der Waals surface area contributed by atoms with Gasteiger partial charge in [-0.1, -0.05) is 48.6 Å². The largest absolute Gasteiger partial charge is 0.416 e. The van der Waals surface area contributed by atoms with Crippen molar-refractivity contribution in [2.24, 2.45) is 0 Å². The average Bonchev–Trinajstić information content (AvgIpc) is 2.83. The number of nitrogens with one attached hydrogen (secondary N) is 1. The van der Waals surface area contributed by atoms with Gasteiger partial charge in [0.15, 0.2) is 0 Å². The smallest absolute Gasteiger partial charge is 0.393 e. The first-order chi connectivity index (χ1) is 16.7. The van der Waals surface area contributed by atoms with Gasteiger partial charge in [0.2, 0.25) is 5.91 Å². The Bertz CT molecular complexity index is 1260. The Morgan fingerprint density at radius 3 is 2.29 bits per heavy atom. The second-order valence-electron chi connectivity index (χ2n) is 8.35. The van der Waals surface area contributed by atoms with Crippen molar-refractivity contribution in [1.82, 2.24) is 0 Å². The number of halogens is 4. The van der Waals surface area contributed by atoms with E-state index in [9.17, 15) is 27.5 Å². The minimum Gasteiger partial charge on any atom is -0.393 e. The summed E-state index contributed by atoms with van der Waals surface area (Å²) >= 11 is 0. The highest BCUT2D eigenvalue weighted by Crippen LogP contribution is 2.32. The summed E-state index contributed by atoms with van der Waals surface area (Å²) < 4.78 is 52.3. The Morgan fingerprint density at radius 2 is 1.63 bits per heavy atom. The maximum Gasteiger partial charge on any atom is 0.416 e. The molecule has 0 bridgehead atoms. The summed E-state index contributed by atoms with van der Waals surface area (Å²) in [5, 5.41) is 12.8. The average molecular weight is 481 g/mol. The third-order valence-corrected chi connectivity index (χ3v) is 5.91.